The molecule has 0 unspecified atom stereocenters. The minimum Gasteiger partial charge on any atom is -0.297 e. The average molecular weight is 337 g/mol. The number of hydrogen-bond acceptors (Lipinski definition) is 5. The number of hydrogen-bond donors (Lipinski definition) is 0. The first-order valence-corrected chi connectivity index (χ1v) is 9.39. The Morgan fingerprint density at radius 1 is 1.20 bits per heavy atom. The minimum absolute atomic E-state index is 0.0592. The minimum atomic E-state index is 0.0592. The molecule has 1 aliphatic heterocycles. The summed E-state index contributed by atoms with van der Waals surface area (Å²) in [5, 5.41) is 4.59. The van der Waals surface area contributed by atoms with Crippen LogP contribution in [0.25, 0.3) is 0 Å². The fourth-order valence-corrected chi connectivity index (χ4v) is 4.00. The van der Waals surface area contributed by atoms with Crippen LogP contribution in [-0.4, -0.2) is 37.7 Å². The SMILES string of the molecule is O=c1cc2c(nn1CC1CN(Cc3ccnc(C4CC4)n3)C1)CCC2. The Balaban J connectivity index is 1.18. The third-order valence-electron chi connectivity index (χ3n) is 5.55. The van der Waals surface area contributed by atoms with Crippen LogP contribution in [-0.2, 0) is 25.9 Å². The van der Waals surface area contributed by atoms with E-state index in [-0.39, 0.29) is 5.56 Å². The van der Waals surface area contributed by atoms with Gasteiger partial charge in [0.15, 0.2) is 0 Å². The monoisotopic (exact) mass is 337 g/mol. The molecule has 0 aromatic carbocycles. The van der Waals surface area contributed by atoms with Crippen molar-refractivity contribution in [3.05, 3.63) is 51.5 Å². The van der Waals surface area contributed by atoms with E-state index in [1.807, 2.05) is 12.3 Å². The number of aryl methyl sites for hydroxylation is 2. The fraction of sp³-hybridized carbons (Fsp3) is 0.579. The number of likely N-dealkylation sites (tertiary alicyclic amines) is 1. The molecule has 1 saturated carbocycles. The molecule has 5 rings (SSSR count). The molecule has 0 amide bonds. The van der Waals surface area contributed by atoms with Gasteiger partial charge >= 0.3 is 0 Å². The molecule has 6 heteroatoms. The third-order valence-corrected chi connectivity index (χ3v) is 5.55. The Morgan fingerprint density at radius 2 is 2.08 bits per heavy atom. The fourth-order valence-electron chi connectivity index (χ4n) is 4.00. The molecule has 0 atom stereocenters. The summed E-state index contributed by atoms with van der Waals surface area (Å²) < 4.78 is 1.68. The van der Waals surface area contributed by atoms with Gasteiger partial charge in [-0.15, -0.1) is 0 Å². The van der Waals surface area contributed by atoms with E-state index in [2.05, 4.69) is 15.0 Å². The van der Waals surface area contributed by atoms with Gasteiger partial charge in [-0.1, -0.05) is 0 Å². The second kappa shape index (κ2) is 6.02. The molecule has 3 aliphatic rings. The third kappa shape index (κ3) is 3.11. The molecular formula is C19H23N5O. The molecule has 2 fully saturated rings. The van der Waals surface area contributed by atoms with E-state index >= 15 is 0 Å². The maximum atomic E-state index is 12.2. The van der Waals surface area contributed by atoms with E-state index in [4.69, 9.17) is 4.98 Å². The Bertz CT molecular complexity index is 851. The van der Waals surface area contributed by atoms with E-state index < -0.39 is 0 Å². The Morgan fingerprint density at radius 3 is 2.92 bits per heavy atom. The number of aromatic nitrogens is 4. The standard InChI is InChI=1S/C19H23N5O/c25-18-8-15-2-1-3-17(15)22-24(18)11-13-9-23(10-13)12-16-6-7-20-19(21-16)14-4-5-14/h6-8,13-14H,1-5,9-12H2. The summed E-state index contributed by atoms with van der Waals surface area (Å²) >= 11 is 0. The van der Waals surface area contributed by atoms with Gasteiger partial charge in [0.2, 0.25) is 0 Å². The summed E-state index contributed by atoms with van der Waals surface area (Å²) in [7, 11) is 0. The molecule has 0 N–H and O–H groups in total. The van der Waals surface area contributed by atoms with Crippen LogP contribution in [0.5, 0.6) is 0 Å². The molecule has 1 saturated heterocycles. The van der Waals surface area contributed by atoms with Gasteiger partial charge in [0.25, 0.3) is 5.56 Å². The van der Waals surface area contributed by atoms with Crippen LogP contribution in [0.4, 0.5) is 0 Å². The van der Waals surface area contributed by atoms with Gasteiger partial charge in [0.1, 0.15) is 5.82 Å². The van der Waals surface area contributed by atoms with Crippen molar-refractivity contribution in [3.8, 4) is 0 Å². The van der Waals surface area contributed by atoms with Crippen LogP contribution >= 0.6 is 0 Å². The molecule has 0 bridgehead atoms. The number of nitrogens with zero attached hydrogens (tertiary/aromatic N) is 5. The van der Waals surface area contributed by atoms with Crippen molar-refractivity contribution < 1.29 is 0 Å². The highest BCUT2D eigenvalue weighted by Crippen LogP contribution is 2.37. The molecular weight excluding hydrogens is 314 g/mol. The van der Waals surface area contributed by atoms with Gasteiger partial charge in [-0.3, -0.25) is 9.69 Å². The molecule has 0 spiro atoms. The quantitative estimate of drug-likeness (QED) is 0.828. The van der Waals surface area contributed by atoms with E-state index in [1.165, 1.54) is 12.8 Å². The van der Waals surface area contributed by atoms with Gasteiger partial charge < -0.3 is 0 Å². The largest absolute Gasteiger partial charge is 0.297 e. The van der Waals surface area contributed by atoms with Crippen LogP contribution in [0.1, 0.15) is 48.0 Å². The molecule has 130 valence electrons. The lowest BCUT2D eigenvalue weighted by Gasteiger charge is -2.39. The van der Waals surface area contributed by atoms with Crippen LogP contribution in [0, 0.1) is 5.92 Å². The Hall–Kier alpha value is -2.08. The van der Waals surface area contributed by atoms with Gasteiger partial charge in [-0.25, -0.2) is 14.6 Å². The van der Waals surface area contributed by atoms with E-state index in [9.17, 15) is 4.79 Å². The van der Waals surface area contributed by atoms with Crippen molar-refractivity contribution in [2.75, 3.05) is 13.1 Å². The normalized spacial score (nSPS) is 20.5. The second-order valence-electron chi connectivity index (χ2n) is 7.73. The van der Waals surface area contributed by atoms with Gasteiger partial charge in [0.05, 0.1) is 17.9 Å². The lowest BCUT2D eigenvalue weighted by Crippen LogP contribution is -2.49. The first kappa shape index (κ1) is 15.2. The highest BCUT2D eigenvalue weighted by Gasteiger charge is 2.30. The first-order valence-electron chi connectivity index (χ1n) is 9.39. The smallest absolute Gasteiger partial charge is 0.267 e. The van der Waals surface area contributed by atoms with Crippen molar-refractivity contribution in [1.29, 1.82) is 0 Å². The molecule has 2 aromatic rings. The molecule has 3 heterocycles. The molecule has 6 nitrogen and oxygen atoms in total. The molecule has 25 heavy (non-hydrogen) atoms. The van der Waals surface area contributed by atoms with Crippen molar-refractivity contribution in [1.82, 2.24) is 24.6 Å². The summed E-state index contributed by atoms with van der Waals surface area (Å²) in [6.07, 6.45) is 7.52. The van der Waals surface area contributed by atoms with Crippen molar-refractivity contribution in [3.63, 3.8) is 0 Å². The Kier molecular flexibility index (Phi) is 3.66. The lowest BCUT2D eigenvalue weighted by molar-refractivity contribution is 0.0751. The zero-order valence-corrected chi connectivity index (χ0v) is 14.4. The number of rotatable bonds is 5. The van der Waals surface area contributed by atoms with Crippen LogP contribution in [0.3, 0.4) is 0 Å². The van der Waals surface area contributed by atoms with Gasteiger partial charge in [0, 0.05) is 43.7 Å². The van der Waals surface area contributed by atoms with E-state index in [1.54, 1.807) is 10.7 Å². The maximum absolute atomic E-state index is 12.2. The summed E-state index contributed by atoms with van der Waals surface area (Å²) in [5.41, 5.74) is 3.46. The Labute approximate surface area is 146 Å². The van der Waals surface area contributed by atoms with Crippen molar-refractivity contribution in [2.24, 2.45) is 5.92 Å². The van der Waals surface area contributed by atoms with Crippen molar-refractivity contribution >= 4 is 0 Å². The summed E-state index contributed by atoms with van der Waals surface area (Å²) in [6, 6.07) is 3.82. The van der Waals surface area contributed by atoms with Gasteiger partial charge in [-0.2, -0.15) is 5.10 Å². The van der Waals surface area contributed by atoms with Crippen molar-refractivity contribution in [2.45, 2.75) is 51.1 Å². The predicted octanol–water partition coefficient (Wildman–Crippen LogP) is 1.53. The summed E-state index contributed by atoms with van der Waals surface area (Å²) in [5.74, 6) is 2.12. The van der Waals surface area contributed by atoms with Crippen LogP contribution in [0.2, 0.25) is 0 Å². The van der Waals surface area contributed by atoms with Crippen LogP contribution < -0.4 is 5.56 Å². The van der Waals surface area contributed by atoms with Gasteiger partial charge in [-0.05, 0) is 43.7 Å². The highest BCUT2D eigenvalue weighted by atomic mass is 16.1. The molecule has 2 aromatic heterocycles. The molecule has 2 aliphatic carbocycles. The molecule has 0 radical (unpaired) electrons. The predicted molar refractivity (Wildman–Crippen MR) is 93.3 cm³/mol. The van der Waals surface area contributed by atoms with Crippen LogP contribution in [0.15, 0.2) is 23.1 Å². The maximum Gasteiger partial charge on any atom is 0.267 e. The zero-order valence-electron chi connectivity index (χ0n) is 14.4. The average Bonchev–Trinajstić information content (AvgIpc) is 3.33. The topological polar surface area (TPSA) is 63.9 Å². The highest BCUT2D eigenvalue weighted by molar-refractivity contribution is 5.22. The number of fused-ring (bicyclic) bond motifs is 1. The van der Waals surface area contributed by atoms with E-state index in [0.717, 1.165) is 68.2 Å². The van der Waals surface area contributed by atoms with E-state index in [0.29, 0.717) is 11.8 Å². The summed E-state index contributed by atoms with van der Waals surface area (Å²) in [4.78, 5) is 23.7. The lowest BCUT2D eigenvalue weighted by atomic mass is 10.00. The summed E-state index contributed by atoms with van der Waals surface area (Å²) in [6.45, 7) is 3.63. The first-order chi connectivity index (χ1) is 12.2. The second-order valence-corrected chi connectivity index (χ2v) is 7.73. The zero-order chi connectivity index (χ0) is 16.8.